The number of hydrogen-bond donors (Lipinski definition) is 1. The molecule has 0 aliphatic rings. The van der Waals surface area contributed by atoms with Gasteiger partial charge in [0, 0.05) is 15.4 Å². The van der Waals surface area contributed by atoms with Crippen LogP contribution in [0, 0.1) is 6.92 Å². The summed E-state index contributed by atoms with van der Waals surface area (Å²) in [4.78, 5) is 0. The SMILES string of the molecule is CCc1ccc(C(N)c2cc(Br)c(C)cc2Br)o1. The van der Waals surface area contributed by atoms with Crippen LogP contribution in [-0.2, 0) is 6.42 Å². The fourth-order valence-electron chi connectivity index (χ4n) is 1.80. The minimum atomic E-state index is -0.253. The minimum Gasteiger partial charge on any atom is -0.464 e. The molecule has 4 heteroatoms. The average molecular weight is 373 g/mol. The van der Waals surface area contributed by atoms with Crippen molar-refractivity contribution in [1.82, 2.24) is 0 Å². The van der Waals surface area contributed by atoms with Crippen LogP contribution in [0.1, 0.15) is 35.6 Å². The van der Waals surface area contributed by atoms with Gasteiger partial charge in [0.1, 0.15) is 11.5 Å². The van der Waals surface area contributed by atoms with Crippen molar-refractivity contribution in [2.24, 2.45) is 5.73 Å². The summed E-state index contributed by atoms with van der Waals surface area (Å²) < 4.78 is 7.77. The summed E-state index contributed by atoms with van der Waals surface area (Å²) in [5.41, 5.74) is 8.45. The van der Waals surface area contributed by atoms with E-state index in [0.717, 1.165) is 32.5 Å². The summed E-state index contributed by atoms with van der Waals surface area (Å²) in [7, 11) is 0. The maximum atomic E-state index is 6.26. The minimum absolute atomic E-state index is 0.253. The summed E-state index contributed by atoms with van der Waals surface area (Å²) in [6, 6.07) is 7.77. The van der Waals surface area contributed by atoms with E-state index in [1.165, 1.54) is 5.56 Å². The highest BCUT2D eigenvalue weighted by molar-refractivity contribution is 9.11. The molecule has 2 aromatic rings. The second kappa shape index (κ2) is 5.59. The normalized spacial score (nSPS) is 12.7. The molecular formula is C14H15Br2NO. The molecule has 0 fully saturated rings. The third-order valence-electron chi connectivity index (χ3n) is 2.95. The van der Waals surface area contributed by atoms with Crippen LogP contribution in [0.4, 0.5) is 0 Å². The van der Waals surface area contributed by atoms with Crippen molar-refractivity contribution in [3.63, 3.8) is 0 Å². The Balaban J connectivity index is 2.39. The van der Waals surface area contributed by atoms with Gasteiger partial charge in [0.15, 0.2) is 0 Å². The van der Waals surface area contributed by atoms with Gasteiger partial charge in [-0.25, -0.2) is 0 Å². The molecule has 0 bridgehead atoms. The summed E-state index contributed by atoms with van der Waals surface area (Å²) in [6.45, 7) is 4.11. The molecular weight excluding hydrogens is 358 g/mol. The van der Waals surface area contributed by atoms with Crippen molar-refractivity contribution < 1.29 is 4.42 Å². The molecule has 0 aliphatic heterocycles. The van der Waals surface area contributed by atoms with E-state index in [0.29, 0.717) is 0 Å². The summed E-state index contributed by atoms with van der Waals surface area (Å²) >= 11 is 7.09. The topological polar surface area (TPSA) is 39.2 Å². The molecule has 0 saturated heterocycles. The van der Waals surface area contributed by atoms with Crippen molar-refractivity contribution in [2.75, 3.05) is 0 Å². The van der Waals surface area contributed by atoms with Crippen molar-refractivity contribution >= 4 is 31.9 Å². The highest BCUT2D eigenvalue weighted by atomic mass is 79.9. The van der Waals surface area contributed by atoms with E-state index in [4.69, 9.17) is 10.2 Å². The molecule has 1 heterocycles. The lowest BCUT2D eigenvalue weighted by molar-refractivity contribution is 0.453. The molecule has 18 heavy (non-hydrogen) atoms. The molecule has 2 nitrogen and oxygen atoms in total. The maximum Gasteiger partial charge on any atom is 0.125 e. The first-order valence-electron chi connectivity index (χ1n) is 5.82. The number of hydrogen-bond acceptors (Lipinski definition) is 2. The van der Waals surface area contributed by atoms with Crippen LogP contribution >= 0.6 is 31.9 Å². The van der Waals surface area contributed by atoms with Crippen LogP contribution in [0.3, 0.4) is 0 Å². The van der Waals surface area contributed by atoms with Crippen molar-refractivity contribution in [3.8, 4) is 0 Å². The molecule has 1 aromatic heterocycles. The Labute approximate surface area is 124 Å². The van der Waals surface area contributed by atoms with E-state index in [9.17, 15) is 0 Å². The molecule has 1 aromatic carbocycles. The van der Waals surface area contributed by atoms with Crippen molar-refractivity contribution in [1.29, 1.82) is 0 Å². The molecule has 0 radical (unpaired) electrons. The first kappa shape index (κ1) is 13.8. The molecule has 2 rings (SSSR count). The number of rotatable bonds is 3. The van der Waals surface area contributed by atoms with E-state index in [2.05, 4.69) is 44.8 Å². The molecule has 96 valence electrons. The van der Waals surface area contributed by atoms with Crippen LogP contribution in [0.15, 0.2) is 37.6 Å². The standard InChI is InChI=1S/C14H15Br2NO/c1-3-9-4-5-13(18-9)14(17)10-7-11(15)8(2)6-12(10)16/h4-7,14H,3,17H2,1-2H3. The van der Waals surface area contributed by atoms with Crippen LogP contribution in [0.5, 0.6) is 0 Å². The average Bonchev–Trinajstić information content (AvgIpc) is 2.81. The van der Waals surface area contributed by atoms with E-state index >= 15 is 0 Å². The summed E-state index contributed by atoms with van der Waals surface area (Å²) in [5, 5.41) is 0. The van der Waals surface area contributed by atoms with Gasteiger partial charge in [0.05, 0.1) is 6.04 Å². The molecule has 0 spiro atoms. The van der Waals surface area contributed by atoms with Crippen molar-refractivity contribution in [3.05, 3.63) is 55.9 Å². The van der Waals surface area contributed by atoms with Crippen LogP contribution in [0.25, 0.3) is 0 Å². The highest BCUT2D eigenvalue weighted by Crippen LogP contribution is 2.32. The maximum absolute atomic E-state index is 6.26. The third kappa shape index (κ3) is 2.71. The van der Waals surface area contributed by atoms with Gasteiger partial charge < -0.3 is 10.2 Å². The second-order valence-electron chi connectivity index (χ2n) is 4.26. The molecule has 2 N–H and O–H groups in total. The predicted octanol–water partition coefficient (Wildman–Crippen LogP) is 4.72. The Morgan fingerprint density at radius 2 is 1.94 bits per heavy atom. The van der Waals surface area contributed by atoms with Crippen LogP contribution in [0.2, 0.25) is 0 Å². The fraction of sp³-hybridized carbons (Fsp3) is 0.286. The van der Waals surface area contributed by atoms with Gasteiger partial charge in [-0.1, -0.05) is 38.8 Å². The number of furan rings is 1. The van der Waals surface area contributed by atoms with E-state index in [1.807, 2.05) is 25.1 Å². The van der Waals surface area contributed by atoms with Gasteiger partial charge in [-0.05, 0) is 42.3 Å². The summed E-state index contributed by atoms with van der Waals surface area (Å²) in [6.07, 6.45) is 0.880. The van der Waals surface area contributed by atoms with Gasteiger partial charge in [-0.3, -0.25) is 0 Å². The van der Waals surface area contributed by atoms with Gasteiger partial charge in [0.2, 0.25) is 0 Å². The third-order valence-corrected chi connectivity index (χ3v) is 4.49. The molecule has 0 amide bonds. The lowest BCUT2D eigenvalue weighted by atomic mass is 10.0. The molecule has 0 aliphatic carbocycles. The van der Waals surface area contributed by atoms with Gasteiger partial charge >= 0.3 is 0 Å². The molecule has 0 saturated carbocycles. The lowest BCUT2D eigenvalue weighted by Crippen LogP contribution is -2.12. The zero-order chi connectivity index (χ0) is 13.3. The number of aryl methyl sites for hydroxylation is 2. The molecule has 1 unspecified atom stereocenters. The van der Waals surface area contributed by atoms with Crippen LogP contribution < -0.4 is 5.73 Å². The smallest absolute Gasteiger partial charge is 0.125 e. The van der Waals surface area contributed by atoms with Crippen LogP contribution in [-0.4, -0.2) is 0 Å². The lowest BCUT2D eigenvalue weighted by Gasteiger charge is -2.13. The Morgan fingerprint density at radius 1 is 1.22 bits per heavy atom. The monoisotopic (exact) mass is 371 g/mol. The fourth-order valence-corrected chi connectivity index (χ4v) is 2.87. The van der Waals surface area contributed by atoms with E-state index in [-0.39, 0.29) is 6.04 Å². The van der Waals surface area contributed by atoms with E-state index in [1.54, 1.807) is 0 Å². The van der Waals surface area contributed by atoms with Gasteiger partial charge in [0.25, 0.3) is 0 Å². The Bertz CT molecular complexity index is 563. The zero-order valence-electron chi connectivity index (χ0n) is 10.3. The van der Waals surface area contributed by atoms with Gasteiger partial charge in [-0.15, -0.1) is 0 Å². The summed E-state index contributed by atoms with van der Waals surface area (Å²) in [5.74, 6) is 1.76. The zero-order valence-corrected chi connectivity index (χ0v) is 13.5. The van der Waals surface area contributed by atoms with E-state index < -0.39 is 0 Å². The first-order chi connectivity index (χ1) is 8.52. The quantitative estimate of drug-likeness (QED) is 0.846. The Morgan fingerprint density at radius 3 is 2.56 bits per heavy atom. The second-order valence-corrected chi connectivity index (χ2v) is 5.97. The predicted molar refractivity (Wildman–Crippen MR) is 80.7 cm³/mol. The first-order valence-corrected chi connectivity index (χ1v) is 7.41. The molecule has 1 atom stereocenters. The van der Waals surface area contributed by atoms with Gasteiger partial charge in [-0.2, -0.15) is 0 Å². The number of nitrogens with two attached hydrogens (primary N) is 1. The largest absolute Gasteiger partial charge is 0.464 e. The number of halogens is 2. The Kier molecular flexibility index (Phi) is 4.30. The Hall–Kier alpha value is -0.580. The van der Waals surface area contributed by atoms with Crippen molar-refractivity contribution in [2.45, 2.75) is 26.3 Å². The number of benzene rings is 1. The highest BCUT2D eigenvalue weighted by Gasteiger charge is 2.17.